The van der Waals surface area contributed by atoms with Crippen LogP contribution in [0.5, 0.6) is 0 Å². The zero-order valence-electron chi connectivity index (χ0n) is 14.0. The number of hydrogen-bond acceptors (Lipinski definition) is 5. The maximum absolute atomic E-state index is 12.3. The lowest BCUT2D eigenvalue weighted by atomic mass is 9.95. The number of esters is 1. The third kappa shape index (κ3) is 3.41. The first-order valence-corrected chi connectivity index (χ1v) is 8.09. The van der Waals surface area contributed by atoms with Crippen molar-refractivity contribution in [3.05, 3.63) is 0 Å². The lowest BCUT2D eigenvalue weighted by Crippen LogP contribution is -2.55. The molecule has 4 unspecified atom stereocenters. The molecule has 1 aliphatic carbocycles. The highest BCUT2D eigenvalue weighted by atomic mass is 16.5. The van der Waals surface area contributed by atoms with E-state index >= 15 is 0 Å². The predicted octanol–water partition coefficient (Wildman–Crippen LogP) is 1.56. The summed E-state index contributed by atoms with van der Waals surface area (Å²) >= 11 is 0. The van der Waals surface area contributed by atoms with Gasteiger partial charge in [-0.15, -0.1) is 0 Å². The number of carbonyl (C=O) groups excluding carboxylic acids is 1. The Morgan fingerprint density at radius 2 is 2.14 bits per heavy atom. The minimum Gasteiger partial charge on any atom is -0.468 e. The van der Waals surface area contributed by atoms with Gasteiger partial charge in [-0.1, -0.05) is 0 Å². The zero-order chi connectivity index (χ0) is 15.6. The lowest BCUT2D eigenvalue weighted by Gasteiger charge is -2.34. The average Bonchev–Trinajstić information content (AvgIpc) is 3.04. The largest absolute Gasteiger partial charge is 0.468 e. The number of hydrogen-bond donors (Lipinski definition) is 1. The highest BCUT2D eigenvalue weighted by Gasteiger charge is 2.48. The smallest absolute Gasteiger partial charge is 0.326 e. The van der Waals surface area contributed by atoms with E-state index in [1.54, 1.807) is 0 Å². The maximum atomic E-state index is 12.3. The van der Waals surface area contributed by atoms with E-state index in [4.69, 9.17) is 9.47 Å². The van der Waals surface area contributed by atoms with Crippen molar-refractivity contribution in [1.29, 1.82) is 0 Å². The number of nitrogens with zero attached hydrogens (tertiary/aromatic N) is 1. The third-order valence-corrected chi connectivity index (χ3v) is 5.06. The van der Waals surface area contributed by atoms with Gasteiger partial charge in [0.25, 0.3) is 0 Å². The molecule has 1 aliphatic heterocycles. The molecule has 0 aromatic carbocycles. The van der Waals surface area contributed by atoms with Crippen LogP contribution in [0, 0.1) is 0 Å². The first-order chi connectivity index (χ1) is 9.89. The Hall–Kier alpha value is -0.650. The molecular weight excluding hydrogens is 268 g/mol. The van der Waals surface area contributed by atoms with E-state index in [0.29, 0.717) is 12.1 Å². The monoisotopic (exact) mass is 298 g/mol. The minimum absolute atomic E-state index is 0.122. The van der Waals surface area contributed by atoms with E-state index in [-0.39, 0.29) is 18.1 Å². The van der Waals surface area contributed by atoms with Crippen molar-refractivity contribution in [3.8, 4) is 0 Å². The van der Waals surface area contributed by atoms with Gasteiger partial charge in [-0.3, -0.25) is 15.0 Å². The predicted molar refractivity (Wildman–Crippen MR) is 82.2 cm³/mol. The molecule has 1 saturated carbocycles. The second-order valence-corrected chi connectivity index (χ2v) is 6.87. The van der Waals surface area contributed by atoms with Crippen molar-refractivity contribution in [2.45, 2.75) is 76.2 Å². The van der Waals surface area contributed by atoms with Crippen LogP contribution in [0.15, 0.2) is 0 Å². The van der Waals surface area contributed by atoms with Crippen molar-refractivity contribution in [3.63, 3.8) is 0 Å². The summed E-state index contributed by atoms with van der Waals surface area (Å²) in [4.78, 5) is 14.7. The van der Waals surface area contributed by atoms with Gasteiger partial charge in [-0.2, -0.15) is 0 Å². The molecule has 2 aliphatic rings. The molecule has 5 nitrogen and oxygen atoms in total. The molecular formula is C16H30N2O3. The van der Waals surface area contributed by atoms with Crippen LogP contribution in [0.1, 0.15) is 46.5 Å². The highest BCUT2D eigenvalue weighted by molar-refractivity contribution is 5.81. The van der Waals surface area contributed by atoms with Crippen LogP contribution in [0.4, 0.5) is 0 Å². The minimum atomic E-state index is -0.523. The number of ether oxygens (including phenoxy) is 2. The number of carbonyl (C=O) groups is 1. The summed E-state index contributed by atoms with van der Waals surface area (Å²) in [6.07, 6.45) is 4.04. The van der Waals surface area contributed by atoms with Gasteiger partial charge in [-0.25, -0.2) is 0 Å². The second kappa shape index (κ2) is 6.63. The van der Waals surface area contributed by atoms with E-state index in [0.717, 1.165) is 32.3 Å². The Balaban J connectivity index is 2.06. The summed E-state index contributed by atoms with van der Waals surface area (Å²) in [6.45, 7) is 7.14. The van der Waals surface area contributed by atoms with E-state index in [1.807, 2.05) is 0 Å². The van der Waals surface area contributed by atoms with E-state index in [2.05, 4.69) is 38.0 Å². The Labute approximate surface area is 128 Å². The quantitative estimate of drug-likeness (QED) is 0.781. The van der Waals surface area contributed by atoms with Gasteiger partial charge in [0.15, 0.2) is 0 Å². The summed E-state index contributed by atoms with van der Waals surface area (Å²) < 4.78 is 10.8. The van der Waals surface area contributed by atoms with Crippen LogP contribution in [0.3, 0.4) is 0 Å². The summed E-state index contributed by atoms with van der Waals surface area (Å²) in [5.41, 5.74) is -0.523. The van der Waals surface area contributed by atoms with Gasteiger partial charge < -0.3 is 9.47 Å². The Morgan fingerprint density at radius 3 is 2.67 bits per heavy atom. The van der Waals surface area contributed by atoms with E-state index < -0.39 is 5.54 Å². The van der Waals surface area contributed by atoms with E-state index in [9.17, 15) is 4.79 Å². The average molecular weight is 298 g/mol. The van der Waals surface area contributed by atoms with Crippen molar-refractivity contribution in [1.82, 2.24) is 10.2 Å². The SMILES string of the molecule is COC(=O)C1(NC(C)C)CCC(N(C)C2CCOC2C)C1. The first kappa shape index (κ1) is 16.7. The molecule has 0 spiro atoms. The van der Waals surface area contributed by atoms with Gasteiger partial charge in [0, 0.05) is 24.7 Å². The Kier molecular flexibility index (Phi) is 5.28. The fourth-order valence-corrected chi connectivity index (χ4v) is 4.02. The molecule has 1 N–H and O–H groups in total. The molecule has 5 heteroatoms. The van der Waals surface area contributed by atoms with Gasteiger partial charge in [0.05, 0.1) is 13.2 Å². The van der Waals surface area contributed by atoms with Gasteiger partial charge >= 0.3 is 5.97 Å². The molecule has 4 atom stereocenters. The first-order valence-electron chi connectivity index (χ1n) is 8.09. The topological polar surface area (TPSA) is 50.8 Å². The lowest BCUT2D eigenvalue weighted by molar-refractivity contribution is -0.149. The number of methoxy groups -OCH3 is 1. The fraction of sp³-hybridized carbons (Fsp3) is 0.938. The summed E-state index contributed by atoms with van der Waals surface area (Å²) in [7, 11) is 3.65. The molecule has 2 fully saturated rings. The molecule has 1 saturated heterocycles. The van der Waals surface area contributed by atoms with Crippen LogP contribution >= 0.6 is 0 Å². The van der Waals surface area contributed by atoms with Gasteiger partial charge in [0.2, 0.25) is 0 Å². The molecule has 0 bridgehead atoms. The van der Waals surface area contributed by atoms with Crippen LogP contribution in [-0.4, -0.2) is 61.4 Å². The normalized spacial score (nSPS) is 36.6. The highest BCUT2D eigenvalue weighted by Crippen LogP contribution is 2.36. The van der Waals surface area contributed by atoms with Crippen molar-refractivity contribution >= 4 is 5.97 Å². The molecule has 1 heterocycles. The van der Waals surface area contributed by atoms with Crippen molar-refractivity contribution < 1.29 is 14.3 Å². The molecule has 21 heavy (non-hydrogen) atoms. The fourth-order valence-electron chi connectivity index (χ4n) is 4.02. The Bertz CT molecular complexity index is 375. The third-order valence-electron chi connectivity index (χ3n) is 5.06. The standard InChI is InChI=1S/C16H30N2O3/c1-11(2)17-16(15(19)20-5)8-6-13(10-16)18(4)14-7-9-21-12(14)3/h11-14,17H,6-10H2,1-5H3. The van der Waals surface area contributed by atoms with Crippen molar-refractivity contribution in [2.24, 2.45) is 0 Å². The summed E-state index contributed by atoms with van der Waals surface area (Å²) in [6, 6.07) is 1.13. The summed E-state index contributed by atoms with van der Waals surface area (Å²) in [5, 5.41) is 3.46. The second-order valence-electron chi connectivity index (χ2n) is 6.87. The van der Waals surface area contributed by atoms with Gasteiger partial charge in [0.1, 0.15) is 5.54 Å². The van der Waals surface area contributed by atoms with Crippen molar-refractivity contribution in [2.75, 3.05) is 20.8 Å². The van der Waals surface area contributed by atoms with Crippen LogP contribution in [0.25, 0.3) is 0 Å². The zero-order valence-corrected chi connectivity index (χ0v) is 14.0. The number of rotatable bonds is 5. The molecule has 0 radical (unpaired) electrons. The van der Waals surface area contributed by atoms with Crippen LogP contribution in [-0.2, 0) is 14.3 Å². The maximum Gasteiger partial charge on any atom is 0.326 e. The van der Waals surface area contributed by atoms with Crippen LogP contribution < -0.4 is 5.32 Å². The molecule has 0 amide bonds. The van der Waals surface area contributed by atoms with E-state index in [1.165, 1.54) is 7.11 Å². The summed E-state index contributed by atoms with van der Waals surface area (Å²) in [5.74, 6) is -0.122. The number of nitrogens with one attached hydrogen (secondary N) is 1. The molecule has 0 aromatic heterocycles. The van der Waals surface area contributed by atoms with Crippen LogP contribution in [0.2, 0.25) is 0 Å². The molecule has 122 valence electrons. The number of likely N-dealkylation sites (N-methyl/N-ethyl adjacent to an activating group) is 1. The molecule has 0 aromatic rings. The van der Waals surface area contributed by atoms with Gasteiger partial charge in [-0.05, 0) is 53.5 Å². The molecule has 2 rings (SSSR count). The Morgan fingerprint density at radius 1 is 1.43 bits per heavy atom.